The molecular weight excluding hydrogens is 1040 g/mol. The molecule has 0 spiro atoms. The Hall–Kier alpha value is -5.39. The lowest BCUT2D eigenvalue weighted by atomic mass is 9.97. The molecule has 0 aromatic rings. The van der Waals surface area contributed by atoms with Crippen LogP contribution < -0.4 is 21.3 Å². The molecule has 0 bridgehead atoms. The van der Waals surface area contributed by atoms with E-state index in [1.807, 2.05) is 13.8 Å². The molecule has 4 amide bonds. The van der Waals surface area contributed by atoms with E-state index in [-0.39, 0.29) is 128 Å². The van der Waals surface area contributed by atoms with Gasteiger partial charge in [0.1, 0.15) is 36.9 Å². The maximum absolute atomic E-state index is 12.3. The smallest absolute Gasteiger partial charge is 0.326 e. The number of nitrogens with one attached hydrogen (secondary N) is 4. The van der Waals surface area contributed by atoms with Gasteiger partial charge in [-0.3, -0.25) is 43.2 Å². The van der Waals surface area contributed by atoms with Crippen molar-refractivity contribution in [3.05, 3.63) is 0 Å². The molecule has 23 heteroatoms. The predicted molar refractivity (Wildman–Crippen MR) is 300 cm³/mol. The van der Waals surface area contributed by atoms with Crippen LogP contribution in [0.15, 0.2) is 0 Å². The zero-order valence-electron chi connectivity index (χ0n) is 48.6. The Morgan fingerprint density at radius 3 is 1.44 bits per heavy atom. The van der Waals surface area contributed by atoms with Crippen LogP contribution in [0.25, 0.3) is 0 Å². The SMILES string of the molecule is CCOCC(=O)NCCOCCOCC(=O)C[C@@H](CCC(=O)N[C@@H](CCC(=O)NCCCC[C@H](C)C(C)=O)C(=O)O)C(=O)O.CCOCCCC(=O)CC[C@H](NC(=O)CCCCCCCCCCCCCCCCC(=O)O)C(=O)O.[HH]. The highest BCUT2D eigenvalue weighted by Gasteiger charge is 2.26. The Balaban J connectivity index is -0.00000151. The summed E-state index contributed by atoms with van der Waals surface area (Å²) in [7, 11) is 0. The standard InChI is InChI=1S/C29H49N3O12.C28H51NO7.H2/c1-4-42-19-27(37)31-13-14-43-15-16-44-18-23(34)17-22(28(38)39)8-10-26(36)32-24(29(40)41)9-11-25(35)30-12-6-5-7-20(2)21(3)33;1-2-36-23-17-18-24(30)21-22-25(28(34)35)29-26(31)19-15-13-11-9-7-5-3-4-6-8-10-12-14-16-20-27(32)33;/h20,22,24H,4-19H2,1-3H3,(H,30,35)(H,31,37)(H,32,36)(H,38,39)(H,40,41);25H,2-23H2,1H3,(H,29,31)(H,32,33)(H,34,35);1H/t20-,22+,24-;25-;/m00./s1. The summed E-state index contributed by atoms with van der Waals surface area (Å²) in [5.41, 5.74) is 0. The molecular formula is C57H102N4O19. The van der Waals surface area contributed by atoms with E-state index in [1.54, 1.807) is 6.92 Å². The summed E-state index contributed by atoms with van der Waals surface area (Å²) in [6.07, 6.45) is 18.5. The molecule has 0 heterocycles. The van der Waals surface area contributed by atoms with Crippen LogP contribution in [0.4, 0.5) is 0 Å². The zero-order valence-corrected chi connectivity index (χ0v) is 48.6. The molecule has 0 aromatic heterocycles. The monoisotopic (exact) mass is 1150 g/mol. The van der Waals surface area contributed by atoms with E-state index >= 15 is 0 Å². The number of amides is 4. The highest BCUT2D eigenvalue weighted by Crippen LogP contribution is 2.16. The Kier molecular flexibility index (Phi) is 50.8. The van der Waals surface area contributed by atoms with Gasteiger partial charge < -0.3 is 60.6 Å². The van der Waals surface area contributed by atoms with Gasteiger partial charge in [-0.1, -0.05) is 90.4 Å². The molecule has 0 aliphatic carbocycles. The van der Waals surface area contributed by atoms with E-state index < -0.39 is 53.6 Å². The summed E-state index contributed by atoms with van der Waals surface area (Å²) >= 11 is 0. The molecule has 0 aromatic carbocycles. The average molecular weight is 1150 g/mol. The first-order chi connectivity index (χ1) is 38.2. The minimum Gasteiger partial charge on any atom is -0.481 e. The molecule has 23 nitrogen and oxygen atoms in total. The number of carbonyl (C=O) groups excluding carboxylic acids is 7. The van der Waals surface area contributed by atoms with Gasteiger partial charge >= 0.3 is 23.9 Å². The third-order valence-electron chi connectivity index (χ3n) is 12.9. The van der Waals surface area contributed by atoms with Crippen LogP contribution in [0.2, 0.25) is 0 Å². The Morgan fingerprint density at radius 1 is 0.412 bits per heavy atom. The molecule has 0 saturated carbocycles. The van der Waals surface area contributed by atoms with Gasteiger partial charge in [-0.2, -0.15) is 0 Å². The largest absolute Gasteiger partial charge is 0.481 e. The number of ether oxygens (including phenoxy) is 4. The highest BCUT2D eigenvalue weighted by atomic mass is 16.5. The second-order valence-corrected chi connectivity index (χ2v) is 20.0. The maximum atomic E-state index is 12.3. The highest BCUT2D eigenvalue weighted by molar-refractivity contribution is 5.87. The van der Waals surface area contributed by atoms with Crippen molar-refractivity contribution in [2.75, 3.05) is 65.9 Å². The molecule has 0 unspecified atom stereocenters. The second-order valence-electron chi connectivity index (χ2n) is 20.0. The van der Waals surface area contributed by atoms with Crippen molar-refractivity contribution in [3.8, 4) is 0 Å². The first-order valence-electron chi connectivity index (χ1n) is 29.1. The normalized spacial score (nSPS) is 12.4. The first kappa shape index (κ1) is 76.7. The van der Waals surface area contributed by atoms with Crippen molar-refractivity contribution in [1.29, 1.82) is 0 Å². The molecule has 4 atom stereocenters. The fourth-order valence-electron chi connectivity index (χ4n) is 7.91. The lowest BCUT2D eigenvalue weighted by Gasteiger charge is -2.16. The van der Waals surface area contributed by atoms with E-state index in [2.05, 4.69) is 21.3 Å². The van der Waals surface area contributed by atoms with Gasteiger partial charge in [0.2, 0.25) is 23.6 Å². The number of Topliss-reactive ketones (excluding diaryl/α,β-unsaturated/α-hetero) is 3. The van der Waals surface area contributed by atoms with Crippen LogP contribution in [0, 0.1) is 11.8 Å². The molecule has 0 aliphatic heterocycles. The van der Waals surface area contributed by atoms with Crippen molar-refractivity contribution in [2.24, 2.45) is 11.8 Å². The van der Waals surface area contributed by atoms with E-state index in [0.29, 0.717) is 52.0 Å². The number of ketones is 3. The number of aliphatic carboxylic acids is 4. The van der Waals surface area contributed by atoms with Gasteiger partial charge in [-0.15, -0.1) is 0 Å². The van der Waals surface area contributed by atoms with Crippen LogP contribution in [0.3, 0.4) is 0 Å². The molecule has 0 radical (unpaired) electrons. The number of carboxylic acids is 4. The number of hydrogen-bond donors (Lipinski definition) is 8. The Labute approximate surface area is 475 Å². The molecule has 0 rings (SSSR count). The van der Waals surface area contributed by atoms with Crippen molar-refractivity contribution in [2.45, 2.75) is 220 Å². The maximum Gasteiger partial charge on any atom is 0.326 e. The summed E-state index contributed by atoms with van der Waals surface area (Å²) in [4.78, 5) is 128. The number of carbonyl (C=O) groups is 11. The van der Waals surface area contributed by atoms with Gasteiger partial charge in [-0.25, -0.2) is 9.59 Å². The Bertz CT molecular complexity index is 1770. The molecule has 464 valence electrons. The van der Waals surface area contributed by atoms with Crippen LogP contribution >= 0.6 is 0 Å². The summed E-state index contributed by atoms with van der Waals surface area (Å²) in [6, 6.07) is -2.35. The number of carboxylic acid groups (broad SMARTS) is 4. The summed E-state index contributed by atoms with van der Waals surface area (Å²) < 4.78 is 20.6. The summed E-state index contributed by atoms with van der Waals surface area (Å²) in [5, 5.41) is 46.9. The van der Waals surface area contributed by atoms with Crippen molar-refractivity contribution in [1.82, 2.24) is 21.3 Å². The lowest BCUT2D eigenvalue weighted by molar-refractivity contribution is -0.145. The fraction of sp³-hybridized carbons (Fsp3) is 0.807. The van der Waals surface area contributed by atoms with Crippen LogP contribution in [0.5, 0.6) is 0 Å². The van der Waals surface area contributed by atoms with E-state index in [4.69, 9.17) is 24.1 Å². The van der Waals surface area contributed by atoms with Gasteiger partial charge in [-0.05, 0) is 72.1 Å². The van der Waals surface area contributed by atoms with Gasteiger partial charge in [0.25, 0.3) is 0 Å². The minimum absolute atomic E-state index is 0. The van der Waals surface area contributed by atoms with Crippen molar-refractivity contribution >= 4 is 64.9 Å². The average Bonchev–Trinajstić information content (AvgIpc) is 3.40. The summed E-state index contributed by atoms with van der Waals surface area (Å²) in [6.45, 7) is 9.40. The second kappa shape index (κ2) is 53.0. The van der Waals surface area contributed by atoms with E-state index in [0.717, 1.165) is 57.8 Å². The zero-order chi connectivity index (χ0) is 60.2. The molecule has 8 N–H and O–H groups in total. The van der Waals surface area contributed by atoms with Crippen molar-refractivity contribution in [3.63, 3.8) is 0 Å². The molecule has 80 heavy (non-hydrogen) atoms. The fourth-order valence-corrected chi connectivity index (χ4v) is 7.91. The van der Waals surface area contributed by atoms with E-state index in [1.165, 1.54) is 51.9 Å². The lowest BCUT2D eigenvalue weighted by Crippen LogP contribution is -2.42. The van der Waals surface area contributed by atoms with Gasteiger partial charge in [0.15, 0.2) is 5.78 Å². The number of unbranched alkanes of at least 4 members (excludes halogenated alkanes) is 14. The molecule has 0 aliphatic rings. The minimum atomic E-state index is -1.34. The molecule has 0 fully saturated rings. The van der Waals surface area contributed by atoms with Crippen LogP contribution in [-0.2, 0) is 71.7 Å². The van der Waals surface area contributed by atoms with Gasteiger partial charge in [0.05, 0.1) is 25.7 Å². The predicted octanol–water partition coefficient (Wildman–Crippen LogP) is 6.77. The number of hydrogen-bond acceptors (Lipinski definition) is 15. The van der Waals surface area contributed by atoms with Gasteiger partial charge in [0, 0.05) is 85.2 Å². The topological polar surface area (TPSA) is 354 Å². The van der Waals surface area contributed by atoms with E-state index in [9.17, 15) is 68.1 Å². The first-order valence-corrected chi connectivity index (χ1v) is 29.1. The van der Waals surface area contributed by atoms with Crippen molar-refractivity contribution < 1.29 is 93.5 Å². The third-order valence-corrected chi connectivity index (χ3v) is 12.9. The Morgan fingerprint density at radius 2 is 0.912 bits per heavy atom. The third kappa shape index (κ3) is 50.8. The van der Waals surface area contributed by atoms with Crippen LogP contribution in [-0.4, -0.2) is 163 Å². The number of rotatable bonds is 55. The molecule has 0 saturated heterocycles. The van der Waals surface area contributed by atoms with Crippen LogP contribution in [0.1, 0.15) is 209 Å². The summed E-state index contributed by atoms with van der Waals surface area (Å²) in [5.74, 6) is -7.57. The quantitative estimate of drug-likeness (QED) is 0.0291.